The fourth-order valence-corrected chi connectivity index (χ4v) is 1.58. The highest BCUT2D eigenvalue weighted by molar-refractivity contribution is 5.94. The molecule has 0 atom stereocenters. The second-order valence-corrected chi connectivity index (χ2v) is 4.22. The first-order chi connectivity index (χ1) is 9.20. The number of benzene rings is 1. The Morgan fingerprint density at radius 1 is 1.30 bits per heavy atom. The van der Waals surface area contributed by atoms with Crippen molar-refractivity contribution in [2.24, 2.45) is 0 Å². The molecule has 0 unspecified atom stereocenters. The van der Waals surface area contributed by atoms with Gasteiger partial charge in [-0.3, -0.25) is 0 Å². The van der Waals surface area contributed by atoms with Crippen LogP contribution in [0, 0.1) is 5.82 Å². The van der Waals surface area contributed by atoms with Gasteiger partial charge in [0.2, 0.25) is 0 Å². The van der Waals surface area contributed by atoms with Gasteiger partial charge >= 0.3 is 12.1 Å². The third-order valence-electron chi connectivity index (χ3n) is 2.57. The number of carboxylic acids is 1. The Kier molecular flexibility index (Phi) is 5.18. The predicted octanol–water partition coefficient (Wildman–Crippen LogP) is 3.25. The van der Waals surface area contributed by atoms with Crippen molar-refractivity contribution >= 4 is 17.3 Å². The molecule has 0 aliphatic carbocycles. The lowest BCUT2D eigenvalue weighted by Gasteiger charge is -2.10. The number of nitrogens with two attached hydrogens (primary N) is 1. The molecular formula is C12H14F4N2O2. The zero-order valence-corrected chi connectivity index (χ0v) is 10.4. The number of unbranched alkanes of at least 4 members (excludes halogenated alkanes) is 1. The maximum atomic E-state index is 13.5. The predicted molar refractivity (Wildman–Crippen MR) is 66.2 cm³/mol. The van der Waals surface area contributed by atoms with Gasteiger partial charge in [-0.05, 0) is 25.0 Å². The van der Waals surface area contributed by atoms with Gasteiger partial charge in [0.15, 0.2) is 0 Å². The van der Waals surface area contributed by atoms with Crippen LogP contribution in [0.5, 0.6) is 0 Å². The van der Waals surface area contributed by atoms with E-state index in [2.05, 4.69) is 5.32 Å². The maximum absolute atomic E-state index is 13.5. The molecule has 0 aromatic heterocycles. The molecule has 4 N–H and O–H groups in total. The van der Waals surface area contributed by atoms with Crippen LogP contribution in [0.25, 0.3) is 0 Å². The van der Waals surface area contributed by atoms with Gasteiger partial charge in [0, 0.05) is 18.7 Å². The number of carboxylic acid groups (broad SMARTS) is 1. The zero-order valence-electron chi connectivity index (χ0n) is 10.4. The Bertz CT molecular complexity index is 489. The highest BCUT2D eigenvalue weighted by Gasteiger charge is 2.25. The zero-order chi connectivity index (χ0) is 15.3. The van der Waals surface area contributed by atoms with E-state index in [1.54, 1.807) is 0 Å². The molecule has 0 aliphatic rings. The molecule has 0 saturated heterocycles. The van der Waals surface area contributed by atoms with E-state index in [4.69, 9.17) is 10.8 Å². The van der Waals surface area contributed by atoms with Crippen molar-refractivity contribution < 1.29 is 27.5 Å². The molecule has 0 fully saturated rings. The first kappa shape index (κ1) is 16.1. The first-order valence-corrected chi connectivity index (χ1v) is 5.83. The number of carbonyl (C=O) groups is 1. The first-order valence-electron chi connectivity index (χ1n) is 5.83. The van der Waals surface area contributed by atoms with Gasteiger partial charge in [-0.2, -0.15) is 13.2 Å². The van der Waals surface area contributed by atoms with E-state index in [1.807, 2.05) is 0 Å². The molecule has 1 aromatic rings. The molecule has 8 heteroatoms. The molecule has 112 valence electrons. The number of nitrogen functional groups attached to an aromatic ring is 1. The Balaban J connectivity index is 2.56. The highest BCUT2D eigenvalue weighted by Crippen LogP contribution is 2.24. The molecule has 0 heterocycles. The third kappa shape index (κ3) is 4.94. The van der Waals surface area contributed by atoms with Gasteiger partial charge in [0.05, 0.1) is 11.3 Å². The van der Waals surface area contributed by atoms with Crippen molar-refractivity contribution in [3.63, 3.8) is 0 Å². The highest BCUT2D eigenvalue weighted by atomic mass is 19.4. The fourth-order valence-electron chi connectivity index (χ4n) is 1.58. The SMILES string of the molecule is Nc1cc(F)c(NCCCCC(F)(F)F)cc1C(=O)O. The second kappa shape index (κ2) is 6.44. The molecule has 0 saturated carbocycles. The number of alkyl halides is 3. The van der Waals surface area contributed by atoms with Crippen LogP contribution in [0.4, 0.5) is 28.9 Å². The molecular weight excluding hydrogens is 280 g/mol. The molecule has 0 bridgehead atoms. The number of hydrogen-bond acceptors (Lipinski definition) is 3. The maximum Gasteiger partial charge on any atom is 0.389 e. The van der Waals surface area contributed by atoms with Crippen LogP contribution in [0.3, 0.4) is 0 Å². The van der Waals surface area contributed by atoms with Crippen molar-refractivity contribution in [2.75, 3.05) is 17.6 Å². The molecule has 1 rings (SSSR count). The van der Waals surface area contributed by atoms with E-state index in [0.29, 0.717) is 0 Å². The van der Waals surface area contributed by atoms with Crippen LogP contribution >= 0.6 is 0 Å². The van der Waals surface area contributed by atoms with Crippen LogP contribution in [-0.2, 0) is 0 Å². The number of nitrogens with one attached hydrogen (secondary N) is 1. The number of anilines is 2. The summed E-state index contributed by atoms with van der Waals surface area (Å²) >= 11 is 0. The minimum Gasteiger partial charge on any atom is -0.478 e. The van der Waals surface area contributed by atoms with Crippen molar-refractivity contribution in [3.8, 4) is 0 Å². The number of rotatable bonds is 6. The van der Waals surface area contributed by atoms with E-state index >= 15 is 0 Å². The third-order valence-corrected chi connectivity index (χ3v) is 2.57. The van der Waals surface area contributed by atoms with Crippen molar-refractivity contribution in [2.45, 2.75) is 25.4 Å². The fraction of sp³-hybridized carbons (Fsp3) is 0.417. The number of aromatic carboxylic acids is 1. The van der Waals surface area contributed by atoms with Gasteiger partial charge in [0.1, 0.15) is 5.82 Å². The monoisotopic (exact) mass is 294 g/mol. The summed E-state index contributed by atoms with van der Waals surface area (Å²) in [4.78, 5) is 10.8. The number of halogens is 4. The molecule has 0 amide bonds. The number of hydrogen-bond donors (Lipinski definition) is 3. The van der Waals surface area contributed by atoms with E-state index in [1.165, 1.54) is 0 Å². The van der Waals surface area contributed by atoms with Crippen LogP contribution < -0.4 is 11.1 Å². The Labute approximate surface area is 112 Å². The lowest BCUT2D eigenvalue weighted by atomic mass is 10.1. The molecule has 1 aromatic carbocycles. The standard InChI is InChI=1S/C12H14F4N2O2/c13-8-6-9(17)7(11(19)20)5-10(8)18-4-2-1-3-12(14,15)16/h5-6,18H,1-4,17H2,(H,19,20). The largest absolute Gasteiger partial charge is 0.478 e. The van der Waals surface area contributed by atoms with E-state index in [-0.39, 0.29) is 36.3 Å². The smallest absolute Gasteiger partial charge is 0.389 e. The molecule has 20 heavy (non-hydrogen) atoms. The minimum atomic E-state index is -4.21. The van der Waals surface area contributed by atoms with E-state index < -0.39 is 24.4 Å². The molecule has 0 spiro atoms. The Morgan fingerprint density at radius 3 is 2.50 bits per heavy atom. The summed E-state index contributed by atoms with van der Waals surface area (Å²) in [6, 6.07) is 1.89. The second-order valence-electron chi connectivity index (χ2n) is 4.22. The van der Waals surface area contributed by atoms with Crippen molar-refractivity contribution in [3.05, 3.63) is 23.5 Å². The lowest BCUT2D eigenvalue weighted by Crippen LogP contribution is -2.10. The quantitative estimate of drug-likeness (QED) is 0.427. The van der Waals surface area contributed by atoms with E-state index in [9.17, 15) is 22.4 Å². The summed E-state index contributed by atoms with van der Waals surface area (Å²) in [5.41, 5.74) is 4.78. The normalized spacial score (nSPS) is 11.4. The van der Waals surface area contributed by atoms with Crippen molar-refractivity contribution in [1.29, 1.82) is 0 Å². The van der Waals surface area contributed by atoms with Gasteiger partial charge in [-0.25, -0.2) is 9.18 Å². The van der Waals surface area contributed by atoms with Gasteiger partial charge in [-0.1, -0.05) is 0 Å². The van der Waals surface area contributed by atoms with Gasteiger partial charge in [-0.15, -0.1) is 0 Å². The summed E-state index contributed by atoms with van der Waals surface area (Å²) in [5.74, 6) is -2.05. The summed E-state index contributed by atoms with van der Waals surface area (Å²) in [7, 11) is 0. The van der Waals surface area contributed by atoms with Gasteiger partial charge in [0.25, 0.3) is 0 Å². The minimum absolute atomic E-state index is 0.0844. The summed E-state index contributed by atoms with van der Waals surface area (Å²) in [6.45, 7) is 0.107. The average molecular weight is 294 g/mol. The van der Waals surface area contributed by atoms with E-state index in [0.717, 1.165) is 12.1 Å². The van der Waals surface area contributed by atoms with Gasteiger partial charge < -0.3 is 16.2 Å². The topological polar surface area (TPSA) is 75.3 Å². The van der Waals surface area contributed by atoms with Crippen molar-refractivity contribution in [1.82, 2.24) is 0 Å². The van der Waals surface area contributed by atoms with Crippen LogP contribution in [0.1, 0.15) is 29.6 Å². The average Bonchev–Trinajstić information content (AvgIpc) is 2.29. The van der Waals surface area contributed by atoms with Crippen LogP contribution in [0.2, 0.25) is 0 Å². The summed E-state index contributed by atoms with van der Waals surface area (Å²) in [6.07, 6.45) is -5.01. The summed E-state index contributed by atoms with van der Waals surface area (Å²) in [5, 5.41) is 11.4. The molecule has 0 radical (unpaired) electrons. The molecule has 4 nitrogen and oxygen atoms in total. The lowest BCUT2D eigenvalue weighted by molar-refractivity contribution is -0.135. The Morgan fingerprint density at radius 2 is 1.95 bits per heavy atom. The molecule has 0 aliphatic heterocycles. The summed E-state index contributed by atoms with van der Waals surface area (Å²) < 4.78 is 49.2. The van der Waals surface area contributed by atoms with Crippen LogP contribution in [-0.4, -0.2) is 23.8 Å². The van der Waals surface area contributed by atoms with Crippen LogP contribution in [0.15, 0.2) is 12.1 Å². The Hall–Kier alpha value is -1.99.